The fourth-order valence-electron chi connectivity index (χ4n) is 3.05. The van der Waals surface area contributed by atoms with Gasteiger partial charge in [-0.25, -0.2) is 19.2 Å². The lowest BCUT2D eigenvalue weighted by molar-refractivity contribution is -0.164. The highest BCUT2D eigenvalue weighted by Gasteiger charge is 2.36. The first kappa shape index (κ1) is 39.8. The second-order valence-electron chi connectivity index (χ2n) is 11.0. The van der Waals surface area contributed by atoms with Gasteiger partial charge in [0.05, 0.1) is 23.7 Å². The number of carbonyl (C=O) groups is 6. The van der Waals surface area contributed by atoms with E-state index in [1.54, 1.807) is 13.8 Å². The zero-order chi connectivity index (χ0) is 34.1. The molecule has 0 amide bonds. The van der Waals surface area contributed by atoms with E-state index in [-0.39, 0.29) is 74.8 Å². The third-order valence-corrected chi connectivity index (χ3v) is 6.54. The standard InChI is InChI=1S/C32H46O12/c1-11-31(17-41-27(35)21(3)4,18-42-28(36)22(5)6)15-39-25(33)13-14-26(34)40-16-32(12-2,19-43-29(37)23(7)8)20-44-30(38)24(9)10/h3,5,7,9,11-20H2,1-2,4,6,8,10H3. The van der Waals surface area contributed by atoms with Gasteiger partial charge in [0.15, 0.2) is 0 Å². The molecule has 0 spiro atoms. The number of hydrogen-bond donors (Lipinski definition) is 0. The monoisotopic (exact) mass is 622 g/mol. The third kappa shape index (κ3) is 14.8. The molecule has 0 aromatic heterocycles. The lowest BCUT2D eigenvalue weighted by atomic mass is 9.87. The van der Waals surface area contributed by atoms with Crippen LogP contribution < -0.4 is 0 Å². The molecule has 0 unspecified atom stereocenters. The summed E-state index contributed by atoms with van der Waals surface area (Å²) in [5.41, 5.74) is -1.46. The highest BCUT2D eigenvalue weighted by molar-refractivity contribution is 5.88. The molecule has 12 nitrogen and oxygen atoms in total. The minimum absolute atomic E-state index is 0.166. The van der Waals surface area contributed by atoms with Crippen LogP contribution in [0.5, 0.6) is 0 Å². The van der Waals surface area contributed by atoms with Crippen molar-refractivity contribution >= 4 is 35.8 Å². The summed E-state index contributed by atoms with van der Waals surface area (Å²) in [5.74, 6) is -4.12. The molecule has 12 heteroatoms. The molecular weight excluding hydrogens is 576 g/mol. The molecule has 0 aliphatic rings. The minimum Gasteiger partial charge on any atom is -0.465 e. The Balaban J connectivity index is 5.33. The van der Waals surface area contributed by atoms with E-state index in [1.165, 1.54) is 27.7 Å². The number of hydrogen-bond acceptors (Lipinski definition) is 12. The van der Waals surface area contributed by atoms with Gasteiger partial charge in [0.1, 0.15) is 39.6 Å². The minimum atomic E-state index is -1.06. The topological polar surface area (TPSA) is 158 Å². The summed E-state index contributed by atoms with van der Waals surface area (Å²) >= 11 is 0. The quantitative estimate of drug-likeness (QED) is 0.103. The normalized spacial score (nSPS) is 11.0. The number of carbonyl (C=O) groups excluding carboxylic acids is 6. The van der Waals surface area contributed by atoms with Crippen LogP contribution in [0.1, 0.15) is 67.2 Å². The molecule has 0 rings (SSSR count). The summed E-state index contributed by atoms with van der Waals surface area (Å²) in [6.07, 6.45) is -0.0746. The number of esters is 6. The van der Waals surface area contributed by atoms with Crippen molar-refractivity contribution in [2.45, 2.75) is 67.2 Å². The average Bonchev–Trinajstić information content (AvgIpc) is 2.98. The molecule has 0 fully saturated rings. The second-order valence-corrected chi connectivity index (χ2v) is 11.0. The van der Waals surface area contributed by atoms with Crippen LogP contribution in [0.2, 0.25) is 0 Å². The van der Waals surface area contributed by atoms with Gasteiger partial charge in [0, 0.05) is 22.3 Å². The molecule has 0 aromatic rings. The van der Waals surface area contributed by atoms with Crippen LogP contribution in [0.25, 0.3) is 0 Å². The van der Waals surface area contributed by atoms with E-state index >= 15 is 0 Å². The van der Waals surface area contributed by atoms with E-state index in [0.29, 0.717) is 12.8 Å². The summed E-state index contributed by atoms with van der Waals surface area (Å²) < 4.78 is 31.8. The molecular formula is C32H46O12. The van der Waals surface area contributed by atoms with E-state index in [9.17, 15) is 28.8 Å². The lowest BCUT2D eigenvalue weighted by Gasteiger charge is -2.31. The van der Waals surface area contributed by atoms with Crippen LogP contribution in [-0.4, -0.2) is 75.5 Å². The molecule has 0 saturated heterocycles. The summed E-state index contributed by atoms with van der Waals surface area (Å²) in [6, 6.07) is 0. The Kier molecular flexibility index (Phi) is 17.3. The first-order chi connectivity index (χ1) is 20.4. The Morgan fingerprint density at radius 3 is 0.818 bits per heavy atom. The Hall–Kier alpha value is -4.22. The van der Waals surface area contributed by atoms with Crippen LogP contribution in [0.3, 0.4) is 0 Å². The zero-order valence-electron chi connectivity index (χ0n) is 26.8. The maximum absolute atomic E-state index is 12.5. The Bertz CT molecular complexity index is 982. The maximum Gasteiger partial charge on any atom is 0.333 e. The molecule has 0 atom stereocenters. The first-order valence-electron chi connectivity index (χ1n) is 14.0. The highest BCUT2D eigenvalue weighted by Crippen LogP contribution is 2.27. The molecule has 246 valence electrons. The Morgan fingerprint density at radius 2 is 0.636 bits per heavy atom. The van der Waals surface area contributed by atoms with Gasteiger partial charge in [0.25, 0.3) is 0 Å². The molecule has 0 N–H and O–H groups in total. The molecule has 0 bridgehead atoms. The van der Waals surface area contributed by atoms with Gasteiger partial charge in [-0.1, -0.05) is 40.2 Å². The zero-order valence-corrected chi connectivity index (χ0v) is 26.8. The van der Waals surface area contributed by atoms with Crippen molar-refractivity contribution in [2.24, 2.45) is 10.8 Å². The second kappa shape index (κ2) is 19.1. The van der Waals surface area contributed by atoms with Crippen molar-refractivity contribution in [3.63, 3.8) is 0 Å². The molecule has 0 radical (unpaired) electrons. The van der Waals surface area contributed by atoms with Crippen molar-refractivity contribution < 1.29 is 57.2 Å². The SMILES string of the molecule is C=C(C)C(=O)OCC(CC)(COC(=O)CCC(=O)OCC(CC)(COC(=O)C(=C)C)COC(=O)C(=C)C)COC(=O)C(=C)C. The van der Waals surface area contributed by atoms with Gasteiger partial charge in [-0.05, 0) is 40.5 Å². The van der Waals surface area contributed by atoms with Gasteiger partial charge in [0.2, 0.25) is 0 Å². The maximum atomic E-state index is 12.5. The van der Waals surface area contributed by atoms with E-state index < -0.39 is 46.6 Å². The van der Waals surface area contributed by atoms with Gasteiger partial charge >= 0.3 is 35.8 Å². The van der Waals surface area contributed by atoms with Crippen LogP contribution in [0.15, 0.2) is 48.6 Å². The Labute approximate surface area is 259 Å². The summed E-state index contributed by atoms with van der Waals surface area (Å²) in [6.45, 7) is 22.1. The largest absolute Gasteiger partial charge is 0.465 e. The van der Waals surface area contributed by atoms with Crippen LogP contribution in [0.4, 0.5) is 0 Å². The van der Waals surface area contributed by atoms with Gasteiger partial charge in [-0.2, -0.15) is 0 Å². The molecule has 0 aliphatic heterocycles. The lowest BCUT2D eigenvalue weighted by Crippen LogP contribution is -2.39. The van der Waals surface area contributed by atoms with E-state index in [4.69, 9.17) is 28.4 Å². The number of rotatable bonds is 21. The van der Waals surface area contributed by atoms with Gasteiger partial charge in [-0.3, -0.25) is 9.59 Å². The van der Waals surface area contributed by atoms with Crippen molar-refractivity contribution in [1.29, 1.82) is 0 Å². The predicted molar refractivity (Wildman–Crippen MR) is 160 cm³/mol. The fraction of sp³-hybridized carbons (Fsp3) is 0.562. The predicted octanol–water partition coefficient (Wildman–Crippen LogP) is 4.12. The summed E-state index contributed by atoms with van der Waals surface area (Å²) in [7, 11) is 0. The van der Waals surface area contributed by atoms with Crippen LogP contribution in [0, 0.1) is 10.8 Å². The Morgan fingerprint density at radius 1 is 0.432 bits per heavy atom. The van der Waals surface area contributed by atoms with E-state index in [0.717, 1.165) is 0 Å². The van der Waals surface area contributed by atoms with E-state index in [1.807, 2.05) is 0 Å². The molecule has 0 aromatic carbocycles. The molecule has 44 heavy (non-hydrogen) atoms. The molecule has 0 saturated carbocycles. The molecule has 0 aliphatic carbocycles. The first-order valence-corrected chi connectivity index (χ1v) is 14.0. The van der Waals surface area contributed by atoms with Gasteiger partial charge < -0.3 is 28.4 Å². The van der Waals surface area contributed by atoms with Crippen LogP contribution in [-0.2, 0) is 57.2 Å². The average molecular weight is 623 g/mol. The third-order valence-electron chi connectivity index (χ3n) is 6.54. The van der Waals surface area contributed by atoms with Crippen molar-refractivity contribution in [2.75, 3.05) is 39.6 Å². The fourth-order valence-corrected chi connectivity index (χ4v) is 3.05. The summed E-state index contributed by atoms with van der Waals surface area (Å²) in [4.78, 5) is 73.0. The smallest absolute Gasteiger partial charge is 0.333 e. The van der Waals surface area contributed by atoms with E-state index in [2.05, 4.69) is 26.3 Å². The summed E-state index contributed by atoms with van der Waals surface area (Å²) in [5, 5.41) is 0. The van der Waals surface area contributed by atoms with Crippen molar-refractivity contribution in [3.8, 4) is 0 Å². The van der Waals surface area contributed by atoms with Crippen molar-refractivity contribution in [1.82, 2.24) is 0 Å². The molecule has 0 heterocycles. The highest BCUT2D eigenvalue weighted by atomic mass is 16.6. The number of ether oxygens (including phenoxy) is 6. The van der Waals surface area contributed by atoms with Crippen LogP contribution >= 0.6 is 0 Å². The van der Waals surface area contributed by atoms with Crippen molar-refractivity contribution in [3.05, 3.63) is 48.6 Å². The van der Waals surface area contributed by atoms with Gasteiger partial charge in [-0.15, -0.1) is 0 Å².